The fourth-order valence-electron chi connectivity index (χ4n) is 0.371. The highest BCUT2D eigenvalue weighted by Gasteiger charge is 1.88. The van der Waals surface area contributed by atoms with Gasteiger partial charge in [-0.15, -0.1) is 13.4 Å². The summed E-state index contributed by atoms with van der Waals surface area (Å²) in [6.07, 6.45) is 2.01. The summed E-state index contributed by atoms with van der Waals surface area (Å²) in [6, 6.07) is 0. The molecular formula is C12H33BN2O2. The second-order valence-electron chi connectivity index (χ2n) is 6.94. The molecule has 0 aromatic carbocycles. The van der Waals surface area contributed by atoms with Crippen LogP contribution < -0.4 is 10.0 Å². The third kappa shape index (κ3) is 202. The average molecular weight is 248 g/mol. The lowest BCUT2D eigenvalue weighted by Crippen LogP contribution is -2.44. The Balaban J connectivity index is -0.000000177. The summed E-state index contributed by atoms with van der Waals surface area (Å²) in [4.78, 5) is 0. The molecule has 0 N–H and O–H groups in total. The SMILES string of the molecule is CCCCB([O-])[O-].C[N+](C)(C)C.C[N+](C)(C)C. The lowest BCUT2D eigenvalue weighted by Gasteiger charge is -2.25. The van der Waals surface area contributed by atoms with E-state index in [2.05, 4.69) is 56.4 Å². The standard InChI is InChI=1S/C4H9BO2.2C4H12N/c1-2-3-4-5(6)7;2*1-5(2,3)4/h2-4H2,1H3;2*1-4H3/q-2;2*+1. The minimum Gasteiger partial charge on any atom is -0.893 e. The predicted molar refractivity (Wildman–Crippen MR) is 73.4 cm³/mol. The van der Waals surface area contributed by atoms with Crippen LogP contribution in [0.25, 0.3) is 0 Å². The predicted octanol–water partition coefficient (Wildman–Crippen LogP) is -0.360. The van der Waals surface area contributed by atoms with Crippen molar-refractivity contribution in [2.24, 2.45) is 0 Å². The van der Waals surface area contributed by atoms with Crippen molar-refractivity contribution < 1.29 is 19.0 Å². The van der Waals surface area contributed by atoms with Crippen molar-refractivity contribution in [3.8, 4) is 0 Å². The normalized spacial score (nSPS) is 10.8. The van der Waals surface area contributed by atoms with Crippen LogP contribution in [0.3, 0.4) is 0 Å². The van der Waals surface area contributed by atoms with E-state index < -0.39 is 7.12 Å². The van der Waals surface area contributed by atoms with E-state index in [4.69, 9.17) is 0 Å². The van der Waals surface area contributed by atoms with Gasteiger partial charge in [-0.05, 0) is 0 Å². The van der Waals surface area contributed by atoms with Gasteiger partial charge in [-0.3, -0.25) is 0 Å². The number of hydrogen-bond donors (Lipinski definition) is 0. The molecule has 0 amide bonds. The smallest absolute Gasteiger partial charge is 0.0675 e. The summed E-state index contributed by atoms with van der Waals surface area (Å²) < 4.78 is 2.00. The second kappa shape index (κ2) is 11.0. The third-order valence-corrected chi connectivity index (χ3v) is 0.793. The van der Waals surface area contributed by atoms with E-state index in [0.717, 1.165) is 21.8 Å². The van der Waals surface area contributed by atoms with Crippen LogP contribution in [0.15, 0.2) is 0 Å². The molecule has 0 unspecified atom stereocenters. The Labute approximate surface area is 109 Å². The Bertz CT molecular complexity index is 128. The number of unbranched alkanes of at least 4 members (excludes halogenated alkanes) is 1. The summed E-state index contributed by atoms with van der Waals surface area (Å²) in [6.45, 7) is 1.96. The minimum atomic E-state index is -1.60. The zero-order valence-corrected chi connectivity index (χ0v) is 13.4. The Morgan fingerprint density at radius 3 is 1.06 bits per heavy atom. The highest BCUT2D eigenvalue weighted by Crippen LogP contribution is 1.91. The molecule has 0 bridgehead atoms. The van der Waals surface area contributed by atoms with Crippen LogP contribution in [0, 0.1) is 0 Å². The molecule has 5 heteroatoms. The number of nitrogens with zero attached hydrogens (tertiary/aromatic N) is 2. The van der Waals surface area contributed by atoms with E-state index in [0.29, 0.717) is 0 Å². The highest BCUT2D eigenvalue weighted by molar-refractivity contribution is 6.36. The lowest BCUT2D eigenvalue weighted by molar-refractivity contribution is -0.849. The molecule has 0 rings (SSSR count). The van der Waals surface area contributed by atoms with Crippen LogP contribution >= 0.6 is 0 Å². The van der Waals surface area contributed by atoms with Gasteiger partial charge in [0.15, 0.2) is 0 Å². The van der Waals surface area contributed by atoms with E-state index in [-0.39, 0.29) is 6.32 Å². The Kier molecular flexibility index (Phi) is 14.3. The first kappa shape index (κ1) is 22.1. The summed E-state index contributed by atoms with van der Waals surface area (Å²) in [5.41, 5.74) is 0. The van der Waals surface area contributed by atoms with Crippen LogP contribution in [-0.2, 0) is 0 Å². The molecule has 4 nitrogen and oxygen atoms in total. The molecule has 0 aliphatic carbocycles. The maximum Gasteiger partial charge on any atom is 0.0675 e. The number of hydrogen-bond acceptors (Lipinski definition) is 2. The molecule has 0 aromatic rings. The van der Waals surface area contributed by atoms with E-state index in [9.17, 15) is 10.0 Å². The van der Waals surface area contributed by atoms with Crippen LogP contribution in [0.5, 0.6) is 0 Å². The van der Waals surface area contributed by atoms with Gasteiger partial charge < -0.3 is 19.0 Å². The van der Waals surface area contributed by atoms with Gasteiger partial charge in [-0.2, -0.15) is 0 Å². The first-order valence-electron chi connectivity index (χ1n) is 6.16. The van der Waals surface area contributed by atoms with Gasteiger partial charge in [0.05, 0.1) is 56.4 Å². The van der Waals surface area contributed by atoms with E-state index in [1.54, 1.807) is 0 Å². The monoisotopic (exact) mass is 248 g/mol. The number of quaternary nitrogens is 2. The summed E-state index contributed by atoms with van der Waals surface area (Å²) in [7, 11) is 15.4. The fourth-order valence-corrected chi connectivity index (χ4v) is 0.371. The van der Waals surface area contributed by atoms with Gasteiger partial charge in [0.1, 0.15) is 0 Å². The second-order valence-corrected chi connectivity index (χ2v) is 6.94. The summed E-state index contributed by atoms with van der Waals surface area (Å²) in [5, 5.41) is 19.5. The first-order valence-corrected chi connectivity index (χ1v) is 6.16. The highest BCUT2D eigenvalue weighted by atomic mass is 16.4. The van der Waals surface area contributed by atoms with Crippen molar-refractivity contribution in [2.45, 2.75) is 26.1 Å². The van der Waals surface area contributed by atoms with Gasteiger partial charge in [0.25, 0.3) is 0 Å². The maximum absolute atomic E-state index is 9.73. The Hall–Kier alpha value is -0.0951. The molecule has 106 valence electrons. The van der Waals surface area contributed by atoms with Gasteiger partial charge in [-0.1, -0.05) is 19.8 Å². The first-order chi connectivity index (χ1) is 7.27. The third-order valence-electron chi connectivity index (χ3n) is 0.793. The van der Waals surface area contributed by atoms with Crippen LogP contribution in [-0.4, -0.2) is 72.5 Å². The van der Waals surface area contributed by atoms with Crippen molar-refractivity contribution in [1.29, 1.82) is 0 Å². The largest absolute Gasteiger partial charge is 0.893 e. The van der Waals surface area contributed by atoms with E-state index in [1.807, 2.05) is 6.92 Å². The van der Waals surface area contributed by atoms with E-state index in [1.165, 1.54) is 0 Å². The molecular weight excluding hydrogens is 215 g/mol. The molecule has 0 heterocycles. The zero-order chi connectivity index (χ0) is 14.7. The molecule has 0 fully saturated rings. The lowest BCUT2D eigenvalue weighted by atomic mass is 9.84. The summed E-state index contributed by atoms with van der Waals surface area (Å²) in [5.74, 6) is 0. The van der Waals surface area contributed by atoms with Gasteiger partial charge in [-0.25, -0.2) is 0 Å². The average Bonchev–Trinajstić information content (AvgIpc) is 1.93. The van der Waals surface area contributed by atoms with E-state index >= 15 is 0 Å². The van der Waals surface area contributed by atoms with Gasteiger partial charge in [0.2, 0.25) is 0 Å². The van der Waals surface area contributed by atoms with Crippen molar-refractivity contribution in [3.63, 3.8) is 0 Å². The fraction of sp³-hybridized carbons (Fsp3) is 1.00. The molecule has 0 saturated heterocycles. The molecule has 0 radical (unpaired) electrons. The quantitative estimate of drug-likeness (QED) is 0.506. The van der Waals surface area contributed by atoms with Crippen LogP contribution in [0.4, 0.5) is 0 Å². The topological polar surface area (TPSA) is 46.1 Å². The molecule has 0 atom stereocenters. The van der Waals surface area contributed by atoms with Crippen LogP contribution in [0.1, 0.15) is 19.8 Å². The number of rotatable bonds is 3. The zero-order valence-electron chi connectivity index (χ0n) is 13.4. The molecule has 0 saturated carbocycles. The summed E-state index contributed by atoms with van der Waals surface area (Å²) >= 11 is 0. The van der Waals surface area contributed by atoms with Crippen molar-refractivity contribution in [1.82, 2.24) is 0 Å². The van der Waals surface area contributed by atoms with Gasteiger partial charge >= 0.3 is 0 Å². The minimum absolute atomic E-state index is 0.288. The molecule has 0 aromatic heterocycles. The maximum atomic E-state index is 9.73. The molecule has 17 heavy (non-hydrogen) atoms. The molecule has 0 aliphatic rings. The Morgan fingerprint density at radius 1 is 0.765 bits per heavy atom. The molecule has 0 aliphatic heterocycles. The Morgan fingerprint density at radius 2 is 1.00 bits per heavy atom. The van der Waals surface area contributed by atoms with Crippen molar-refractivity contribution in [2.75, 3.05) is 56.4 Å². The van der Waals surface area contributed by atoms with Gasteiger partial charge in [0, 0.05) is 0 Å². The van der Waals surface area contributed by atoms with Crippen LogP contribution in [0.2, 0.25) is 6.32 Å². The molecule has 0 spiro atoms. The van der Waals surface area contributed by atoms with Crippen molar-refractivity contribution >= 4 is 7.12 Å². The van der Waals surface area contributed by atoms with Crippen molar-refractivity contribution in [3.05, 3.63) is 0 Å².